The van der Waals surface area contributed by atoms with Gasteiger partial charge in [0, 0.05) is 11.8 Å². The highest BCUT2D eigenvalue weighted by Crippen LogP contribution is 2.30. The van der Waals surface area contributed by atoms with E-state index in [4.69, 9.17) is 10.5 Å². The van der Waals surface area contributed by atoms with Crippen molar-refractivity contribution in [3.8, 4) is 17.0 Å². The molecule has 0 amide bonds. The average Bonchev–Trinajstić information content (AvgIpc) is 2.76. The lowest BCUT2D eigenvalue weighted by Crippen LogP contribution is -1.95. The fourth-order valence-corrected chi connectivity index (χ4v) is 2.07. The van der Waals surface area contributed by atoms with E-state index in [1.807, 2.05) is 6.07 Å². The highest BCUT2D eigenvalue weighted by atomic mass is 19.1. The summed E-state index contributed by atoms with van der Waals surface area (Å²) < 4.78 is 20.2. The number of imidazole rings is 1. The Bertz CT molecular complexity index is 752. The van der Waals surface area contributed by atoms with Crippen LogP contribution in [-0.2, 0) is 0 Å². The molecule has 0 atom stereocenters. The molecule has 0 aliphatic rings. The number of aromatic nitrogens is 2. The SMILES string of the molecule is COc1cccn2c(N)c(-c3cccc(F)c3)nc12. The first-order valence-electron chi connectivity index (χ1n) is 5.77. The van der Waals surface area contributed by atoms with Crippen LogP contribution in [0.4, 0.5) is 10.2 Å². The predicted octanol–water partition coefficient (Wildman–Crippen LogP) is 2.73. The van der Waals surface area contributed by atoms with Gasteiger partial charge in [-0.25, -0.2) is 9.37 Å². The zero-order chi connectivity index (χ0) is 13.4. The van der Waals surface area contributed by atoms with Crippen molar-refractivity contribution < 1.29 is 9.13 Å². The second kappa shape index (κ2) is 4.28. The Balaban J connectivity index is 2.28. The number of pyridine rings is 1. The van der Waals surface area contributed by atoms with Crippen molar-refractivity contribution in [3.63, 3.8) is 0 Å². The Morgan fingerprint density at radius 2 is 2.11 bits per heavy atom. The van der Waals surface area contributed by atoms with Gasteiger partial charge >= 0.3 is 0 Å². The predicted molar refractivity (Wildman–Crippen MR) is 71.6 cm³/mol. The van der Waals surface area contributed by atoms with E-state index in [9.17, 15) is 4.39 Å². The van der Waals surface area contributed by atoms with Crippen molar-refractivity contribution in [1.29, 1.82) is 0 Å². The molecule has 0 saturated heterocycles. The first kappa shape index (κ1) is 11.5. The molecular formula is C14H12FN3O. The van der Waals surface area contributed by atoms with Gasteiger partial charge in [-0.1, -0.05) is 12.1 Å². The Labute approximate surface area is 109 Å². The Kier molecular flexibility index (Phi) is 2.59. The van der Waals surface area contributed by atoms with Gasteiger partial charge in [-0.3, -0.25) is 4.40 Å². The van der Waals surface area contributed by atoms with Crippen LogP contribution in [0, 0.1) is 5.82 Å². The van der Waals surface area contributed by atoms with E-state index in [2.05, 4.69) is 4.98 Å². The average molecular weight is 257 g/mol. The molecule has 19 heavy (non-hydrogen) atoms. The molecule has 0 radical (unpaired) electrons. The van der Waals surface area contributed by atoms with E-state index in [0.29, 0.717) is 28.5 Å². The second-order valence-corrected chi connectivity index (χ2v) is 4.13. The van der Waals surface area contributed by atoms with Gasteiger partial charge in [-0.2, -0.15) is 0 Å². The van der Waals surface area contributed by atoms with Gasteiger partial charge in [-0.05, 0) is 24.3 Å². The summed E-state index contributed by atoms with van der Waals surface area (Å²) >= 11 is 0. The number of benzene rings is 1. The van der Waals surface area contributed by atoms with Gasteiger partial charge in [0.1, 0.15) is 17.3 Å². The molecule has 0 aliphatic carbocycles. The fraction of sp³-hybridized carbons (Fsp3) is 0.0714. The number of hydrogen-bond acceptors (Lipinski definition) is 3. The number of rotatable bonds is 2. The summed E-state index contributed by atoms with van der Waals surface area (Å²) in [6.07, 6.45) is 1.79. The molecule has 5 heteroatoms. The number of anilines is 1. The molecule has 4 nitrogen and oxygen atoms in total. The van der Waals surface area contributed by atoms with Crippen LogP contribution in [0.5, 0.6) is 5.75 Å². The second-order valence-electron chi connectivity index (χ2n) is 4.13. The maximum Gasteiger partial charge on any atom is 0.181 e. The molecule has 3 rings (SSSR count). The van der Waals surface area contributed by atoms with Crippen molar-refractivity contribution in [2.45, 2.75) is 0 Å². The summed E-state index contributed by atoms with van der Waals surface area (Å²) in [5, 5.41) is 0. The zero-order valence-corrected chi connectivity index (χ0v) is 10.3. The highest BCUT2D eigenvalue weighted by molar-refractivity contribution is 5.76. The number of nitrogens with zero attached hydrogens (tertiary/aromatic N) is 2. The highest BCUT2D eigenvalue weighted by Gasteiger charge is 2.14. The number of nitrogen functional groups attached to an aromatic ring is 1. The summed E-state index contributed by atoms with van der Waals surface area (Å²) in [4.78, 5) is 4.44. The topological polar surface area (TPSA) is 52.5 Å². The monoisotopic (exact) mass is 257 g/mol. The minimum absolute atomic E-state index is 0.319. The van der Waals surface area contributed by atoms with E-state index in [1.54, 1.807) is 35.9 Å². The molecule has 0 fully saturated rings. The van der Waals surface area contributed by atoms with Gasteiger partial charge < -0.3 is 10.5 Å². The van der Waals surface area contributed by atoms with Crippen molar-refractivity contribution in [2.75, 3.05) is 12.8 Å². The van der Waals surface area contributed by atoms with Crippen molar-refractivity contribution in [2.24, 2.45) is 0 Å². The summed E-state index contributed by atoms with van der Waals surface area (Å²) in [6.45, 7) is 0. The molecule has 0 aliphatic heterocycles. The van der Waals surface area contributed by atoms with E-state index in [0.717, 1.165) is 0 Å². The van der Waals surface area contributed by atoms with Crippen LogP contribution in [-0.4, -0.2) is 16.5 Å². The molecule has 1 aromatic carbocycles. The number of hydrogen-bond donors (Lipinski definition) is 1. The number of ether oxygens (including phenoxy) is 1. The first-order chi connectivity index (χ1) is 9.20. The van der Waals surface area contributed by atoms with Gasteiger partial charge in [0.25, 0.3) is 0 Å². The smallest absolute Gasteiger partial charge is 0.181 e. The molecule has 0 spiro atoms. The largest absolute Gasteiger partial charge is 0.493 e. The third-order valence-electron chi connectivity index (χ3n) is 2.97. The molecule has 2 aromatic heterocycles. The minimum Gasteiger partial charge on any atom is -0.493 e. The Hall–Kier alpha value is -2.56. The molecule has 2 N–H and O–H groups in total. The molecule has 0 saturated carbocycles. The lowest BCUT2D eigenvalue weighted by molar-refractivity contribution is 0.417. The number of nitrogens with two attached hydrogens (primary N) is 1. The van der Waals surface area contributed by atoms with Crippen molar-refractivity contribution in [3.05, 3.63) is 48.4 Å². The Morgan fingerprint density at radius 3 is 2.84 bits per heavy atom. The minimum atomic E-state index is -0.319. The van der Waals surface area contributed by atoms with E-state index >= 15 is 0 Å². The molecule has 0 bridgehead atoms. The van der Waals surface area contributed by atoms with E-state index < -0.39 is 0 Å². The maximum atomic E-state index is 13.3. The van der Waals surface area contributed by atoms with Crippen LogP contribution >= 0.6 is 0 Å². The molecule has 96 valence electrons. The van der Waals surface area contributed by atoms with Gasteiger partial charge in [-0.15, -0.1) is 0 Å². The molecule has 0 unspecified atom stereocenters. The number of halogens is 1. The fourth-order valence-electron chi connectivity index (χ4n) is 2.07. The van der Waals surface area contributed by atoms with E-state index in [1.165, 1.54) is 12.1 Å². The molecular weight excluding hydrogens is 245 g/mol. The van der Waals surface area contributed by atoms with Crippen molar-refractivity contribution in [1.82, 2.24) is 9.38 Å². The van der Waals surface area contributed by atoms with Gasteiger partial charge in [0.2, 0.25) is 0 Å². The summed E-state index contributed by atoms with van der Waals surface area (Å²) in [5.41, 5.74) is 7.87. The number of fused-ring (bicyclic) bond motifs is 1. The summed E-state index contributed by atoms with van der Waals surface area (Å²) in [5.74, 6) is 0.761. The standard InChI is InChI=1S/C14H12FN3O/c1-19-11-6-3-7-18-13(16)12(17-14(11)18)9-4-2-5-10(15)8-9/h2-8H,16H2,1H3. The third kappa shape index (κ3) is 1.79. The summed E-state index contributed by atoms with van der Waals surface area (Å²) in [6, 6.07) is 9.82. The Morgan fingerprint density at radius 1 is 1.26 bits per heavy atom. The van der Waals surface area contributed by atoms with Crippen LogP contribution in [0.3, 0.4) is 0 Å². The van der Waals surface area contributed by atoms with Crippen LogP contribution in [0.15, 0.2) is 42.6 Å². The molecule has 2 heterocycles. The van der Waals surface area contributed by atoms with Gasteiger partial charge in [0.15, 0.2) is 11.4 Å². The van der Waals surface area contributed by atoms with Gasteiger partial charge in [0.05, 0.1) is 7.11 Å². The van der Waals surface area contributed by atoms with Crippen LogP contribution in [0.1, 0.15) is 0 Å². The van der Waals surface area contributed by atoms with Crippen LogP contribution < -0.4 is 10.5 Å². The lowest BCUT2D eigenvalue weighted by Gasteiger charge is -2.01. The van der Waals surface area contributed by atoms with Crippen LogP contribution in [0.2, 0.25) is 0 Å². The zero-order valence-electron chi connectivity index (χ0n) is 10.3. The van der Waals surface area contributed by atoms with E-state index in [-0.39, 0.29) is 5.82 Å². The molecule has 3 aromatic rings. The summed E-state index contributed by atoms with van der Waals surface area (Å²) in [7, 11) is 1.57. The number of methoxy groups -OCH3 is 1. The first-order valence-corrected chi connectivity index (χ1v) is 5.77. The third-order valence-corrected chi connectivity index (χ3v) is 2.97. The van der Waals surface area contributed by atoms with Crippen LogP contribution in [0.25, 0.3) is 16.9 Å². The lowest BCUT2D eigenvalue weighted by atomic mass is 10.1. The van der Waals surface area contributed by atoms with Crippen molar-refractivity contribution >= 4 is 11.5 Å². The maximum absolute atomic E-state index is 13.3. The normalized spacial score (nSPS) is 10.8. The quantitative estimate of drug-likeness (QED) is 0.768.